The molecule has 0 radical (unpaired) electrons. The fourth-order valence-electron chi connectivity index (χ4n) is 2.71. The van der Waals surface area contributed by atoms with Crippen molar-refractivity contribution >= 4 is 27.4 Å². The Morgan fingerprint density at radius 2 is 2.23 bits per heavy atom. The van der Waals surface area contributed by atoms with Crippen LogP contribution in [0, 0.1) is 11.7 Å². The molecular weight excluding hydrogens is 383 g/mol. The molecule has 3 rings (SSSR count). The molecule has 1 aromatic carbocycles. The first kappa shape index (κ1) is 18.8. The van der Waals surface area contributed by atoms with Gasteiger partial charge in [-0.1, -0.05) is 11.8 Å². The van der Waals surface area contributed by atoms with E-state index in [0.717, 1.165) is 17.8 Å². The zero-order valence-electron chi connectivity index (χ0n) is 14.0. The summed E-state index contributed by atoms with van der Waals surface area (Å²) >= 11 is 1.06. The van der Waals surface area contributed by atoms with E-state index in [4.69, 9.17) is 9.15 Å². The zero-order chi connectivity index (χ0) is 18.7. The van der Waals surface area contributed by atoms with E-state index in [0.29, 0.717) is 18.7 Å². The van der Waals surface area contributed by atoms with Crippen LogP contribution in [0.5, 0.6) is 5.75 Å². The summed E-state index contributed by atoms with van der Waals surface area (Å²) in [4.78, 5) is 12.1. The highest BCUT2D eigenvalue weighted by molar-refractivity contribution is 7.99. The topological polar surface area (TPSA) is 99.4 Å². The van der Waals surface area contributed by atoms with Gasteiger partial charge in [-0.05, 0) is 30.5 Å². The van der Waals surface area contributed by atoms with Gasteiger partial charge in [-0.25, -0.2) is 12.8 Å². The maximum Gasteiger partial charge on any atom is 0.277 e. The summed E-state index contributed by atoms with van der Waals surface area (Å²) in [6.07, 6.45) is 0.999. The summed E-state index contributed by atoms with van der Waals surface area (Å²) in [5, 5.41) is 7.98. The number of methoxy groups -OCH3 is 1. The number of ether oxygens (including phenoxy) is 1. The molecule has 10 heteroatoms. The second-order valence-corrected chi connectivity index (χ2v) is 9.15. The summed E-state index contributed by atoms with van der Waals surface area (Å²) < 4.78 is 46.9. The fraction of sp³-hybridized carbons (Fsp3) is 0.438. The number of ketones is 1. The van der Waals surface area contributed by atoms with Crippen LogP contribution in [0.25, 0.3) is 0 Å². The number of carbonyl (C=O) groups is 1. The Morgan fingerprint density at radius 1 is 1.42 bits per heavy atom. The Bertz CT molecular complexity index is 913. The van der Waals surface area contributed by atoms with Crippen LogP contribution in [0.1, 0.15) is 22.7 Å². The van der Waals surface area contributed by atoms with Gasteiger partial charge >= 0.3 is 0 Å². The van der Waals surface area contributed by atoms with Gasteiger partial charge in [0.1, 0.15) is 0 Å². The number of benzene rings is 1. The maximum atomic E-state index is 13.7. The van der Waals surface area contributed by atoms with Gasteiger partial charge in [-0.3, -0.25) is 4.79 Å². The molecule has 2 heterocycles. The van der Waals surface area contributed by atoms with Crippen LogP contribution in [0.4, 0.5) is 4.39 Å². The lowest BCUT2D eigenvalue weighted by atomic mass is 10.1. The first-order valence-electron chi connectivity index (χ1n) is 7.88. The van der Waals surface area contributed by atoms with Gasteiger partial charge in [0.2, 0.25) is 5.89 Å². The number of nitrogens with zero attached hydrogens (tertiary/aromatic N) is 2. The molecule has 140 valence electrons. The molecule has 0 aliphatic carbocycles. The Balaban J connectivity index is 1.54. The van der Waals surface area contributed by atoms with Crippen molar-refractivity contribution in [3.05, 3.63) is 35.5 Å². The monoisotopic (exact) mass is 400 g/mol. The van der Waals surface area contributed by atoms with E-state index < -0.39 is 15.7 Å². The highest BCUT2D eigenvalue weighted by atomic mass is 32.2. The Kier molecular flexibility index (Phi) is 5.61. The molecule has 0 spiro atoms. The van der Waals surface area contributed by atoms with Gasteiger partial charge in [0.15, 0.2) is 27.2 Å². The smallest absolute Gasteiger partial charge is 0.277 e. The lowest BCUT2D eigenvalue weighted by Gasteiger charge is -2.04. The number of halogens is 1. The lowest BCUT2D eigenvalue weighted by Crippen LogP contribution is -2.07. The van der Waals surface area contributed by atoms with Crippen molar-refractivity contribution in [2.75, 3.05) is 24.4 Å². The molecular formula is C16H17FN2O5S2. The average Bonchev–Trinajstić information content (AvgIpc) is 3.18. The summed E-state index contributed by atoms with van der Waals surface area (Å²) in [5.41, 5.74) is 0.228. The van der Waals surface area contributed by atoms with Crippen molar-refractivity contribution in [2.24, 2.45) is 5.92 Å². The van der Waals surface area contributed by atoms with Crippen molar-refractivity contribution in [1.82, 2.24) is 10.2 Å². The van der Waals surface area contributed by atoms with E-state index in [2.05, 4.69) is 10.2 Å². The second kappa shape index (κ2) is 7.75. The third-order valence-electron chi connectivity index (χ3n) is 4.04. The van der Waals surface area contributed by atoms with Crippen LogP contribution in [-0.4, -0.2) is 48.8 Å². The normalized spacial score (nSPS) is 18.8. The second-order valence-electron chi connectivity index (χ2n) is 6.00. The molecule has 0 N–H and O–H groups in total. The van der Waals surface area contributed by atoms with Crippen LogP contribution in [0.15, 0.2) is 27.8 Å². The zero-order valence-corrected chi connectivity index (χ0v) is 15.6. The number of hydrogen-bond donors (Lipinski definition) is 0. The summed E-state index contributed by atoms with van der Waals surface area (Å²) in [7, 11) is -1.60. The minimum atomic E-state index is -2.95. The molecule has 0 bridgehead atoms. The SMILES string of the molecule is COc1ccc(C(=O)CSc2nnc(C[C@H]3CCS(=O)(=O)C3)o2)cc1F. The predicted octanol–water partition coefficient (Wildman–Crippen LogP) is 2.17. The van der Waals surface area contributed by atoms with Gasteiger partial charge < -0.3 is 9.15 Å². The largest absolute Gasteiger partial charge is 0.494 e. The van der Waals surface area contributed by atoms with Crippen molar-refractivity contribution < 1.29 is 26.8 Å². The molecule has 1 aliphatic rings. The Hall–Kier alpha value is -1.94. The molecule has 1 aliphatic heterocycles. The number of thioether (sulfide) groups is 1. The maximum absolute atomic E-state index is 13.7. The molecule has 26 heavy (non-hydrogen) atoms. The number of hydrogen-bond acceptors (Lipinski definition) is 8. The van der Waals surface area contributed by atoms with E-state index in [1.165, 1.54) is 19.2 Å². The molecule has 1 saturated heterocycles. The van der Waals surface area contributed by atoms with Gasteiger partial charge in [0.05, 0.1) is 24.4 Å². The third-order valence-corrected chi connectivity index (χ3v) is 6.69. The molecule has 2 aromatic rings. The van der Waals surface area contributed by atoms with E-state index in [1.54, 1.807) is 0 Å². The van der Waals surface area contributed by atoms with E-state index >= 15 is 0 Å². The van der Waals surface area contributed by atoms with Gasteiger partial charge in [-0.2, -0.15) is 0 Å². The van der Waals surface area contributed by atoms with Crippen molar-refractivity contribution in [3.63, 3.8) is 0 Å². The molecule has 0 unspecified atom stereocenters. The number of carbonyl (C=O) groups excluding carboxylic acids is 1. The standard InChI is InChI=1S/C16H17FN2O5S2/c1-23-14-3-2-11(7-12(14)17)13(20)8-25-16-19-18-15(24-16)6-10-4-5-26(21,22)9-10/h2-3,7,10H,4-6,8-9H2,1H3/t10-/m1/s1. The number of sulfone groups is 1. The van der Waals surface area contributed by atoms with Crippen LogP contribution < -0.4 is 4.74 Å². The summed E-state index contributed by atoms with van der Waals surface area (Å²) in [6.45, 7) is 0. The summed E-state index contributed by atoms with van der Waals surface area (Å²) in [6, 6.07) is 4.01. The highest BCUT2D eigenvalue weighted by Gasteiger charge is 2.29. The van der Waals surface area contributed by atoms with Crippen molar-refractivity contribution in [1.29, 1.82) is 0 Å². The molecule has 1 fully saturated rings. The van der Waals surface area contributed by atoms with Crippen LogP contribution in [0.3, 0.4) is 0 Å². The van der Waals surface area contributed by atoms with Gasteiger partial charge in [0.25, 0.3) is 5.22 Å². The van der Waals surface area contributed by atoms with Gasteiger partial charge in [0, 0.05) is 12.0 Å². The lowest BCUT2D eigenvalue weighted by molar-refractivity contribution is 0.102. The predicted molar refractivity (Wildman–Crippen MR) is 92.8 cm³/mol. The van der Waals surface area contributed by atoms with E-state index in [9.17, 15) is 17.6 Å². The first-order chi connectivity index (χ1) is 12.4. The van der Waals surface area contributed by atoms with Crippen molar-refractivity contribution in [2.45, 2.75) is 18.1 Å². The Labute approximate surface area is 154 Å². The minimum absolute atomic E-state index is 0.0118. The number of rotatable bonds is 7. The molecule has 0 amide bonds. The molecule has 0 saturated carbocycles. The summed E-state index contributed by atoms with van der Waals surface area (Å²) in [5.74, 6) is -0.108. The quantitative estimate of drug-likeness (QED) is 0.515. The molecule has 1 atom stereocenters. The fourth-order valence-corrected chi connectivity index (χ4v) is 5.25. The number of aromatic nitrogens is 2. The van der Waals surface area contributed by atoms with Crippen LogP contribution in [-0.2, 0) is 16.3 Å². The molecule has 1 aromatic heterocycles. The molecule has 7 nitrogen and oxygen atoms in total. The van der Waals surface area contributed by atoms with Crippen LogP contribution in [0.2, 0.25) is 0 Å². The number of Topliss-reactive ketones (excluding diaryl/α,β-unsaturated/α-hetero) is 1. The van der Waals surface area contributed by atoms with Crippen molar-refractivity contribution in [3.8, 4) is 5.75 Å². The first-order valence-corrected chi connectivity index (χ1v) is 10.7. The minimum Gasteiger partial charge on any atom is -0.494 e. The highest BCUT2D eigenvalue weighted by Crippen LogP contribution is 2.25. The van der Waals surface area contributed by atoms with Crippen LogP contribution >= 0.6 is 11.8 Å². The van der Waals surface area contributed by atoms with E-state index in [1.807, 2.05) is 0 Å². The Morgan fingerprint density at radius 3 is 2.88 bits per heavy atom. The average molecular weight is 400 g/mol. The van der Waals surface area contributed by atoms with Gasteiger partial charge in [-0.15, -0.1) is 10.2 Å². The third kappa shape index (κ3) is 4.61. The van der Waals surface area contributed by atoms with E-state index in [-0.39, 0.29) is 45.5 Å².